The van der Waals surface area contributed by atoms with Gasteiger partial charge in [0.2, 0.25) is 0 Å². The first-order valence-electron chi connectivity index (χ1n) is 4.57. The quantitative estimate of drug-likeness (QED) is 0.529. The summed E-state index contributed by atoms with van der Waals surface area (Å²) in [5, 5.41) is 0. The lowest BCUT2D eigenvalue weighted by Crippen LogP contribution is -2.18. The maximum atomic E-state index is 11.0. The summed E-state index contributed by atoms with van der Waals surface area (Å²) >= 11 is 0. The van der Waals surface area contributed by atoms with Crippen LogP contribution in [0.5, 0.6) is 0 Å². The summed E-state index contributed by atoms with van der Waals surface area (Å²) in [5.74, 6) is 0.401. The van der Waals surface area contributed by atoms with Gasteiger partial charge in [0.25, 0.3) is 0 Å². The maximum Gasteiger partial charge on any atom is 0.336 e. The van der Waals surface area contributed by atoms with E-state index < -0.39 is 8.07 Å². The minimum atomic E-state index is -1.36. The molecule has 1 aliphatic heterocycles. The fourth-order valence-corrected chi connectivity index (χ4v) is 2.23. The Hall–Kier alpha value is -0.873. The Morgan fingerprint density at radius 1 is 1.50 bits per heavy atom. The van der Waals surface area contributed by atoms with Crippen LogP contribution in [0.3, 0.4) is 0 Å². The Morgan fingerprint density at radius 3 is 2.64 bits per heavy atom. The second-order valence-electron chi connectivity index (χ2n) is 4.40. The Bertz CT molecular complexity index is 297. The van der Waals surface area contributed by atoms with Crippen LogP contribution in [-0.2, 0) is 14.3 Å². The zero-order chi connectivity index (χ0) is 10.8. The largest absolute Gasteiger partial charge is 0.424 e. The fraction of sp³-hybridized carbons (Fsp3) is 0.500. The van der Waals surface area contributed by atoms with Crippen LogP contribution in [0.4, 0.5) is 0 Å². The molecular formula is C10H16O3Si. The van der Waals surface area contributed by atoms with E-state index in [4.69, 9.17) is 9.47 Å². The molecule has 0 saturated heterocycles. The van der Waals surface area contributed by atoms with Gasteiger partial charge < -0.3 is 9.47 Å². The highest BCUT2D eigenvalue weighted by Crippen LogP contribution is 2.22. The van der Waals surface area contributed by atoms with E-state index in [2.05, 4.69) is 25.3 Å². The molecule has 14 heavy (non-hydrogen) atoms. The molecule has 0 atom stereocenters. The van der Waals surface area contributed by atoms with Gasteiger partial charge in [-0.15, -0.1) is 0 Å². The van der Waals surface area contributed by atoms with Crippen molar-refractivity contribution in [3.05, 3.63) is 23.1 Å². The van der Waals surface area contributed by atoms with E-state index in [0.29, 0.717) is 12.4 Å². The molecule has 0 spiro atoms. The standard InChI is InChI=1S/C10H16O3Si/c1-12-6-8-5-10(11)13-9(8)7-14(2,3)4/h5,7H,6H2,1-4H3/b9-7+. The molecule has 0 saturated carbocycles. The molecule has 4 heteroatoms. The minimum Gasteiger partial charge on any atom is -0.424 e. The topological polar surface area (TPSA) is 35.5 Å². The normalized spacial score (nSPS) is 19.9. The Labute approximate surface area is 85.4 Å². The molecule has 1 rings (SSSR count). The van der Waals surface area contributed by atoms with Crippen LogP contribution < -0.4 is 0 Å². The first-order chi connectivity index (χ1) is 6.42. The van der Waals surface area contributed by atoms with Crippen LogP contribution in [0, 0.1) is 0 Å². The van der Waals surface area contributed by atoms with E-state index in [1.165, 1.54) is 6.08 Å². The van der Waals surface area contributed by atoms with Gasteiger partial charge >= 0.3 is 5.97 Å². The number of hydrogen-bond donors (Lipinski definition) is 0. The predicted molar refractivity (Wildman–Crippen MR) is 57.5 cm³/mol. The van der Waals surface area contributed by atoms with Crippen molar-refractivity contribution < 1.29 is 14.3 Å². The lowest BCUT2D eigenvalue weighted by atomic mass is 10.2. The van der Waals surface area contributed by atoms with E-state index in [1.54, 1.807) is 7.11 Å². The average molecular weight is 212 g/mol. The molecule has 0 bridgehead atoms. The second-order valence-corrected chi connectivity index (χ2v) is 9.42. The minimum absolute atomic E-state index is 0.290. The summed E-state index contributed by atoms with van der Waals surface area (Å²) in [6.45, 7) is 7.01. The predicted octanol–water partition coefficient (Wildman–Crippen LogP) is 1.88. The van der Waals surface area contributed by atoms with Gasteiger partial charge in [-0.2, -0.15) is 0 Å². The zero-order valence-electron chi connectivity index (χ0n) is 9.09. The molecule has 1 aliphatic rings. The van der Waals surface area contributed by atoms with E-state index >= 15 is 0 Å². The average Bonchev–Trinajstić information content (AvgIpc) is 2.28. The molecule has 0 aliphatic carbocycles. The molecule has 0 radical (unpaired) electrons. The summed E-state index contributed by atoms with van der Waals surface area (Å²) in [4.78, 5) is 11.0. The van der Waals surface area contributed by atoms with Gasteiger partial charge in [0.1, 0.15) is 5.76 Å². The van der Waals surface area contributed by atoms with Gasteiger partial charge in [0, 0.05) is 18.8 Å². The van der Waals surface area contributed by atoms with Crippen molar-refractivity contribution in [2.24, 2.45) is 0 Å². The van der Waals surface area contributed by atoms with Gasteiger partial charge in [-0.3, -0.25) is 0 Å². The van der Waals surface area contributed by atoms with Crippen molar-refractivity contribution in [2.75, 3.05) is 13.7 Å². The first-order valence-corrected chi connectivity index (χ1v) is 8.14. The highest BCUT2D eigenvalue weighted by atomic mass is 28.3. The molecule has 1 heterocycles. The smallest absolute Gasteiger partial charge is 0.336 e. The van der Waals surface area contributed by atoms with Gasteiger partial charge in [-0.05, 0) is 0 Å². The van der Waals surface area contributed by atoms with Crippen LogP contribution in [0.25, 0.3) is 0 Å². The maximum absolute atomic E-state index is 11.0. The van der Waals surface area contributed by atoms with Crippen LogP contribution in [0.2, 0.25) is 19.6 Å². The lowest BCUT2D eigenvalue weighted by molar-refractivity contribution is -0.132. The summed E-state index contributed by atoms with van der Waals surface area (Å²) in [6, 6.07) is 0. The summed E-state index contributed by atoms with van der Waals surface area (Å²) in [5.41, 5.74) is 2.92. The van der Waals surface area contributed by atoms with Crippen LogP contribution >= 0.6 is 0 Å². The Balaban J connectivity index is 2.86. The van der Waals surface area contributed by atoms with E-state index in [-0.39, 0.29) is 5.97 Å². The molecule has 78 valence electrons. The summed E-state index contributed by atoms with van der Waals surface area (Å²) < 4.78 is 10.1. The summed E-state index contributed by atoms with van der Waals surface area (Å²) in [7, 11) is 0.249. The van der Waals surface area contributed by atoms with Gasteiger partial charge in [0.05, 0.1) is 14.7 Å². The monoisotopic (exact) mass is 212 g/mol. The number of carbonyl (C=O) groups excluding carboxylic acids is 1. The van der Waals surface area contributed by atoms with E-state index in [1.807, 2.05) is 0 Å². The van der Waals surface area contributed by atoms with Crippen molar-refractivity contribution in [3.63, 3.8) is 0 Å². The van der Waals surface area contributed by atoms with Crippen molar-refractivity contribution >= 4 is 14.0 Å². The number of cyclic esters (lactones) is 1. The molecule has 0 fully saturated rings. The van der Waals surface area contributed by atoms with Crippen molar-refractivity contribution in [1.82, 2.24) is 0 Å². The van der Waals surface area contributed by atoms with Gasteiger partial charge in [-0.1, -0.05) is 25.3 Å². The number of ether oxygens (including phenoxy) is 2. The Kier molecular flexibility index (Phi) is 3.28. The second kappa shape index (κ2) is 4.10. The number of methoxy groups -OCH3 is 1. The number of esters is 1. The molecule has 0 amide bonds. The van der Waals surface area contributed by atoms with Crippen molar-refractivity contribution in [2.45, 2.75) is 19.6 Å². The van der Waals surface area contributed by atoms with Gasteiger partial charge in [-0.25, -0.2) is 4.79 Å². The third-order valence-corrected chi connectivity index (χ3v) is 2.81. The summed E-state index contributed by atoms with van der Waals surface area (Å²) in [6.07, 6.45) is 1.50. The number of carbonyl (C=O) groups is 1. The number of rotatable bonds is 3. The number of hydrogen-bond acceptors (Lipinski definition) is 3. The fourth-order valence-electron chi connectivity index (χ4n) is 1.20. The molecule has 0 aromatic carbocycles. The lowest BCUT2D eigenvalue weighted by Gasteiger charge is -2.12. The van der Waals surface area contributed by atoms with E-state index in [9.17, 15) is 4.79 Å². The Morgan fingerprint density at radius 2 is 2.14 bits per heavy atom. The van der Waals surface area contributed by atoms with Crippen molar-refractivity contribution in [3.8, 4) is 0 Å². The van der Waals surface area contributed by atoms with E-state index in [0.717, 1.165) is 5.57 Å². The molecule has 0 aromatic rings. The third-order valence-electron chi connectivity index (χ3n) is 1.68. The van der Waals surface area contributed by atoms with Crippen LogP contribution in [0.1, 0.15) is 0 Å². The van der Waals surface area contributed by atoms with Crippen LogP contribution in [-0.4, -0.2) is 27.8 Å². The molecule has 0 aromatic heterocycles. The highest BCUT2D eigenvalue weighted by molar-refractivity contribution is 6.81. The highest BCUT2D eigenvalue weighted by Gasteiger charge is 2.22. The van der Waals surface area contributed by atoms with Crippen LogP contribution in [0.15, 0.2) is 23.1 Å². The van der Waals surface area contributed by atoms with Crippen molar-refractivity contribution in [1.29, 1.82) is 0 Å². The van der Waals surface area contributed by atoms with Gasteiger partial charge in [0.15, 0.2) is 0 Å². The third kappa shape index (κ3) is 3.12. The molecule has 0 N–H and O–H groups in total. The SMILES string of the molecule is COCC1=CC(=O)O/C1=C/[Si](C)(C)C. The first kappa shape index (κ1) is 11.2. The molecular weight excluding hydrogens is 196 g/mol. The molecule has 0 unspecified atom stereocenters. The zero-order valence-corrected chi connectivity index (χ0v) is 10.1. The molecule has 3 nitrogen and oxygen atoms in total.